The Labute approximate surface area is 189 Å². The van der Waals surface area contributed by atoms with E-state index in [2.05, 4.69) is 57.5 Å². The Kier molecular flexibility index (Phi) is 5.35. The first-order valence-electron chi connectivity index (χ1n) is 12.9. The molecule has 1 nitrogen and oxygen atoms in total. The van der Waals surface area contributed by atoms with E-state index in [4.69, 9.17) is 4.65 Å². The van der Waals surface area contributed by atoms with Crippen LogP contribution in [-0.2, 0) is 4.65 Å². The lowest BCUT2D eigenvalue weighted by molar-refractivity contribution is -0.112. The van der Waals surface area contributed by atoms with Crippen molar-refractivity contribution in [3.8, 4) is 0 Å². The van der Waals surface area contributed by atoms with Crippen LogP contribution in [0.3, 0.4) is 0 Å². The Hall–Kier alpha value is 0.505. The zero-order valence-corrected chi connectivity index (χ0v) is 21.4. The van der Waals surface area contributed by atoms with Crippen molar-refractivity contribution in [1.82, 2.24) is 0 Å². The van der Waals surface area contributed by atoms with Gasteiger partial charge in [-0.2, -0.15) is 0 Å². The van der Waals surface area contributed by atoms with E-state index in [9.17, 15) is 0 Å². The molecule has 0 amide bonds. The maximum absolute atomic E-state index is 7.25. The summed E-state index contributed by atoms with van der Waals surface area (Å²) in [7, 11) is 0. The predicted molar refractivity (Wildman–Crippen MR) is 128 cm³/mol. The first kappa shape index (κ1) is 21.4. The standard InChI is InChI=1S/C26H44BBrO/c1-15-19-11-17(25(19,3)4)13-21(15)27(29-24-10-8-7-9-23(24)28)22-14-18-12-20(16(22)2)26(18,5)6/h15-24H,7-14H2,1-6H3/t15-,16-,17+,18+,19-,20-,21-,22-,23+,24-/m1/s1. The Morgan fingerprint density at radius 2 is 1.24 bits per heavy atom. The molecular formula is C26H44BBrO. The summed E-state index contributed by atoms with van der Waals surface area (Å²) in [5, 5.41) is 0. The number of fused-ring (bicyclic) bond motifs is 4. The van der Waals surface area contributed by atoms with Crippen molar-refractivity contribution in [1.29, 1.82) is 0 Å². The van der Waals surface area contributed by atoms with E-state index < -0.39 is 0 Å². The third-order valence-electron chi connectivity index (χ3n) is 11.6. The van der Waals surface area contributed by atoms with Crippen molar-refractivity contribution in [3.63, 3.8) is 0 Å². The van der Waals surface area contributed by atoms with Crippen LogP contribution in [0.15, 0.2) is 0 Å². The fourth-order valence-corrected chi connectivity index (χ4v) is 9.89. The topological polar surface area (TPSA) is 9.23 Å². The van der Waals surface area contributed by atoms with Crippen molar-refractivity contribution in [2.45, 2.75) is 115 Å². The third-order valence-corrected chi connectivity index (χ3v) is 12.7. The molecule has 4 bridgehead atoms. The lowest BCUT2D eigenvalue weighted by Crippen LogP contribution is -2.60. The van der Waals surface area contributed by atoms with Crippen molar-refractivity contribution in [2.24, 2.45) is 46.3 Å². The second kappa shape index (κ2) is 7.26. The van der Waals surface area contributed by atoms with Gasteiger partial charge in [-0.25, -0.2) is 0 Å². The van der Waals surface area contributed by atoms with E-state index in [-0.39, 0.29) is 0 Å². The maximum Gasteiger partial charge on any atom is 0.300 e. The molecule has 7 fully saturated rings. The highest BCUT2D eigenvalue weighted by atomic mass is 79.9. The molecule has 7 saturated carbocycles. The monoisotopic (exact) mass is 462 g/mol. The fraction of sp³-hybridized carbons (Fsp3) is 1.00. The van der Waals surface area contributed by atoms with Crippen LogP contribution < -0.4 is 0 Å². The molecule has 0 unspecified atom stereocenters. The average molecular weight is 463 g/mol. The van der Waals surface area contributed by atoms with Crippen LogP contribution in [0.25, 0.3) is 0 Å². The Bertz CT molecular complexity index is 590. The normalized spacial score (nSPS) is 52.2. The molecule has 3 heteroatoms. The Morgan fingerprint density at radius 1 is 0.759 bits per heavy atom. The molecule has 0 spiro atoms. The zero-order chi connectivity index (χ0) is 20.7. The fourth-order valence-electron chi connectivity index (χ4n) is 9.17. The molecule has 0 radical (unpaired) electrons. The van der Waals surface area contributed by atoms with Gasteiger partial charge in [0.1, 0.15) is 0 Å². The van der Waals surface area contributed by atoms with Gasteiger partial charge in [0.05, 0.1) is 6.10 Å². The Balaban J connectivity index is 1.40. The van der Waals surface area contributed by atoms with Gasteiger partial charge in [0, 0.05) is 4.83 Å². The van der Waals surface area contributed by atoms with Crippen LogP contribution in [0.5, 0.6) is 0 Å². The minimum absolute atomic E-state index is 0.450. The van der Waals surface area contributed by atoms with Crippen LogP contribution in [0.1, 0.15) is 92.9 Å². The summed E-state index contributed by atoms with van der Waals surface area (Å²) in [6, 6.07) is 0. The molecule has 164 valence electrons. The van der Waals surface area contributed by atoms with Gasteiger partial charge in [-0.1, -0.05) is 83.2 Å². The summed E-state index contributed by atoms with van der Waals surface area (Å²) in [6.45, 7) is 15.9. The molecule has 0 heterocycles. The summed E-state index contributed by atoms with van der Waals surface area (Å²) in [4.78, 5) is 0.577. The second-order valence-electron chi connectivity index (χ2n) is 13.2. The highest BCUT2D eigenvalue weighted by Gasteiger charge is 2.63. The lowest BCUT2D eigenvalue weighted by atomic mass is 9.27. The van der Waals surface area contributed by atoms with Gasteiger partial charge in [0.25, 0.3) is 6.92 Å². The van der Waals surface area contributed by atoms with E-state index in [1.165, 1.54) is 51.4 Å². The summed E-state index contributed by atoms with van der Waals surface area (Å²) in [5.41, 5.74) is 1.15. The van der Waals surface area contributed by atoms with Crippen LogP contribution >= 0.6 is 15.9 Å². The molecule has 29 heavy (non-hydrogen) atoms. The molecule has 0 aliphatic heterocycles. The lowest BCUT2D eigenvalue weighted by Gasteiger charge is -2.66. The second-order valence-corrected chi connectivity index (χ2v) is 14.4. The highest BCUT2D eigenvalue weighted by Crippen LogP contribution is 2.69. The van der Waals surface area contributed by atoms with Gasteiger partial charge >= 0.3 is 0 Å². The number of alkyl halides is 1. The molecule has 0 N–H and O–H groups in total. The van der Waals surface area contributed by atoms with Gasteiger partial charge in [-0.15, -0.1) is 0 Å². The Morgan fingerprint density at radius 3 is 1.66 bits per heavy atom. The molecule has 0 aromatic heterocycles. The summed E-state index contributed by atoms with van der Waals surface area (Å²) < 4.78 is 7.25. The quantitative estimate of drug-likeness (QED) is 0.305. The minimum atomic E-state index is 0.450. The SMILES string of the molecule is C[C@@H]1[C@H]2C[C@@H](C[C@H]1B(O[C@@H]1CCCC[C@@H]1Br)[C@@H]1C[C@@H]3C[C@H]([C@H]1C)C3(C)C)C2(C)C. The molecular weight excluding hydrogens is 419 g/mol. The molecule has 7 rings (SSSR count). The van der Waals surface area contributed by atoms with E-state index in [1.54, 1.807) is 0 Å². The van der Waals surface area contributed by atoms with Crippen LogP contribution in [0, 0.1) is 46.3 Å². The van der Waals surface area contributed by atoms with E-state index in [1.807, 2.05) is 0 Å². The summed E-state index contributed by atoms with van der Waals surface area (Å²) >= 11 is 4.01. The summed E-state index contributed by atoms with van der Waals surface area (Å²) in [5.74, 6) is 6.97. The van der Waals surface area contributed by atoms with Gasteiger partial charge < -0.3 is 4.65 Å². The van der Waals surface area contributed by atoms with Gasteiger partial charge in [0.2, 0.25) is 0 Å². The van der Waals surface area contributed by atoms with Crippen molar-refractivity contribution < 1.29 is 4.65 Å². The van der Waals surface area contributed by atoms with Gasteiger partial charge in [-0.3, -0.25) is 0 Å². The smallest absolute Gasteiger partial charge is 0.300 e. The van der Waals surface area contributed by atoms with E-state index in [0.717, 1.165) is 47.1 Å². The molecule has 10 atom stereocenters. The first-order chi connectivity index (χ1) is 13.6. The summed E-state index contributed by atoms with van der Waals surface area (Å²) in [6.07, 6.45) is 11.6. The molecule has 7 aliphatic rings. The van der Waals surface area contributed by atoms with Crippen molar-refractivity contribution in [2.75, 3.05) is 0 Å². The third kappa shape index (κ3) is 3.17. The molecule has 7 aliphatic carbocycles. The van der Waals surface area contributed by atoms with Crippen molar-refractivity contribution >= 4 is 22.8 Å². The van der Waals surface area contributed by atoms with Crippen molar-refractivity contribution in [3.05, 3.63) is 0 Å². The van der Waals surface area contributed by atoms with Gasteiger partial charge in [-0.05, 0) is 83.7 Å². The number of rotatable bonds is 4. The number of halogens is 1. The van der Waals surface area contributed by atoms with E-state index >= 15 is 0 Å². The maximum atomic E-state index is 7.25. The predicted octanol–water partition coefficient (Wildman–Crippen LogP) is 7.85. The van der Waals surface area contributed by atoms with Crippen LogP contribution in [0.2, 0.25) is 11.6 Å². The number of hydrogen-bond donors (Lipinski definition) is 0. The number of hydrogen-bond acceptors (Lipinski definition) is 1. The average Bonchev–Trinajstić information content (AvgIpc) is 2.67. The van der Waals surface area contributed by atoms with Gasteiger partial charge in [0.15, 0.2) is 0 Å². The largest absolute Gasteiger partial charge is 0.431 e. The highest BCUT2D eigenvalue weighted by molar-refractivity contribution is 9.09. The molecule has 0 aromatic carbocycles. The minimum Gasteiger partial charge on any atom is -0.431 e. The van der Waals surface area contributed by atoms with Crippen LogP contribution in [0.4, 0.5) is 0 Å². The van der Waals surface area contributed by atoms with Crippen LogP contribution in [-0.4, -0.2) is 17.8 Å². The van der Waals surface area contributed by atoms with E-state index in [0.29, 0.717) is 28.7 Å². The molecule has 0 aromatic rings. The molecule has 0 saturated heterocycles. The zero-order valence-electron chi connectivity index (χ0n) is 19.8. The first-order valence-corrected chi connectivity index (χ1v) is 13.8.